The Labute approximate surface area is 198 Å². The molecular formula is C25H32BrFN2O3. The second kappa shape index (κ2) is 12.6. The summed E-state index contributed by atoms with van der Waals surface area (Å²) in [6.45, 7) is 8.12. The highest BCUT2D eigenvalue weighted by Crippen LogP contribution is 2.29. The minimum atomic E-state index is -0.769. The monoisotopic (exact) mass is 506 g/mol. The molecule has 0 heterocycles. The topological polar surface area (TPSA) is 58.6 Å². The summed E-state index contributed by atoms with van der Waals surface area (Å²) in [5.74, 6) is -0.187. The number of amides is 2. The molecule has 1 N–H and O–H groups in total. The van der Waals surface area contributed by atoms with Crippen LogP contribution in [0, 0.1) is 5.82 Å². The number of hydrogen-bond acceptors (Lipinski definition) is 3. The molecular weight excluding hydrogens is 475 g/mol. The van der Waals surface area contributed by atoms with Crippen LogP contribution in [0.5, 0.6) is 5.75 Å². The van der Waals surface area contributed by atoms with Crippen molar-refractivity contribution in [1.29, 1.82) is 0 Å². The van der Waals surface area contributed by atoms with E-state index in [1.54, 1.807) is 25.1 Å². The summed E-state index contributed by atoms with van der Waals surface area (Å²) < 4.78 is 20.8. The molecule has 32 heavy (non-hydrogen) atoms. The number of carbonyl (C=O) groups is 2. The first-order chi connectivity index (χ1) is 15.2. The molecule has 0 saturated carbocycles. The van der Waals surface area contributed by atoms with Crippen molar-refractivity contribution in [3.05, 3.63) is 63.9 Å². The van der Waals surface area contributed by atoms with Gasteiger partial charge in [0.1, 0.15) is 17.6 Å². The standard InChI is InChI=1S/C25H32BrFN2O3/c1-5-6-13-28-25(31)18(4)29(15-20-9-7-8-10-22(20)27)24(30)16-32-23-12-11-19(17(2)3)14-21(23)26/h7-12,14,17-18H,5-6,13,15-16H2,1-4H3,(H,28,31). The minimum Gasteiger partial charge on any atom is -0.483 e. The lowest BCUT2D eigenvalue weighted by Gasteiger charge is -2.29. The lowest BCUT2D eigenvalue weighted by molar-refractivity contribution is -0.142. The summed E-state index contributed by atoms with van der Waals surface area (Å²) in [7, 11) is 0. The number of halogens is 2. The highest BCUT2D eigenvalue weighted by Gasteiger charge is 2.27. The molecule has 0 aliphatic heterocycles. The molecule has 0 aromatic heterocycles. The van der Waals surface area contributed by atoms with Crippen molar-refractivity contribution < 1.29 is 18.7 Å². The smallest absolute Gasteiger partial charge is 0.261 e. The second-order valence-electron chi connectivity index (χ2n) is 8.07. The average Bonchev–Trinajstić information content (AvgIpc) is 2.77. The second-order valence-corrected chi connectivity index (χ2v) is 8.92. The van der Waals surface area contributed by atoms with Crippen molar-refractivity contribution in [1.82, 2.24) is 10.2 Å². The van der Waals surface area contributed by atoms with E-state index in [4.69, 9.17) is 4.74 Å². The van der Waals surface area contributed by atoms with Crippen molar-refractivity contribution in [3.63, 3.8) is 0 Å². The van der Waals surface area contributed by atoms with Crippen molar-refractivity contribution in [2.24, 2.45) is 0 Å². The van der Waals surface area contributed by atoms with E-state index in [-0.39, 0.29) is 19.1 Å². The van der Waals surface area contributed by atoms with Gasteiger partial charge in [0, 0.05) is 18.7 Å². The van der Waals surface area contributed by atoms with Crippen molar-refractivity contribution in [2.45, 2.75) is 59.0 Å². The Kier molecular flexibility index (Phi) is 10.2. The van der Waals surface area contributed by atoms with Crippen LogP contribution in [-0.4, -0.2) is 35.9 Å². The number of ether oxygens (including phenoxy) is 1. The number of nitrogens with one attached hydrogen (secondary N) is 1. The summed E-state index contributed by atoms with van der Waals surface area (Å²) in [6.07, 6.45) is 1.80. The molecule has 2 rings (SSSR count). The molecule has 7 heteroatoms. The van der Waals surface area contributed by atoms with Gasteiger partial charge in [0.05, 0.1) is 4.47 Å². The molecule has 0 spiro atoms. The van der Waals surface area contributed by atoms with E-state index in [2.05, 4.69) is 35.1 Å². The van der Waals surface area contributed by atoms with Gasteiger partial charge in [0.15, 0.2) is 6.61 Å². The van der Waals surface area contributed by atoms with Gasteiger partial charge < -0.3 is 15.0 Å². The molecule has 0 saturated heterocycles. The zero-order valence-electron chi connectivity index (χ0n) is 19.2. The Bertz CT molecular complexity index is 920. The van der Waals surface area contributed by atoms with Crippen LogP contribution < -0.4 is 10.1 Å². The number of nitrogens with zero attached hydrogens (tertiary/aromatic N) is 1. The fourth-order valence-electron chi connectivity index (χ4n) is 3.14. The molecule has 5 nitrogen and oxygen atoms in total. The molecule has 0 aliphatic carbocycles. The van der Waals surface area contributed by atoms with E-state index >= 15 is 0 Å². The molecule has 0 radical (unpaired) electrons. The minimum absolute atomic E-state index is 0.0231. The summed E-state index contributed by atoms with van der Waals surface area (Å²) in [4.78, 5) is 27.1. The molecule has 0 bridgehead atoms. The third-order valence-corrected chi connectivity index (χ3v) is 5.89. The Morgan fingerprint density at radius 3 is 2.50 bits per heavy atom. The lowest BCUT2D eigenvalue weighted by Crippen LogP contribution is -2.49. The highest BCUT2D eigenvalue weighted by atomic mass is 79.9. The maximum absolute atomic E-state index is 14.3. The van der Waals surface area contributed by atoms with Crippen LogP contribution >= 0.6 is 15.9 Å². The van der Waals surface area contributed by atoms with Gasteiger partial charge in [-0.1, -0.05) is 51.5 Å². The first-order valence-electron chi connectivity index (χ1n) is 11.0. The average molecular weight is 507 g/mol. The van der Waals surface area contributed by atoms with Crippen LogP contribution in [0.2, 0.25) is 0 Å². The van der Waals surface area contributed by atoms with Crippen LogP contribution in [0.4, 0.5) is 4.39 Å². The van der Waals surface area contributed by atoms with Crippen molar-refractivity contribution in [2.75, 3.05) is 13.2 Å². The Morgan fingerprint density at radius 2 is 1.88 bits per heavy atom. The number of unbranched alkanes of at least 4 members (excludes halogenated alkanes) is 1. The van der Waals surface area contributed by atoms with Crippen LogP contribution in [-0.2, 0) is 16.1 Å². The number of benzene rings is 2. The lowest BCUT2D eigenvalue weighted by atomic mass is 10.0. The zero-order valence-corrected chi connectivity index (χ0v) is 20.7. The van der Waals surface area contributed by atoms with E-state index in [0.29, 0.717) is 23.8 Å². The van der Waals surface area contributed by atoms with E-state index < -0.39 is 17.8 Å². The van der Waals surface area contributed by atoms with Gasteiger partial charge >= 0.3 is 0 Å². The van der Waals surface area contributed by atoms with Gasteiger partial charge in [-0.3, -0.25) is 9.59 Å². The third kappa shape index (κ3) is 7.33. The van der Waals surface area contributed by atoms with Crippen molar-refractivity contribution in [3.8, 4) is 5.75 Å². The largest absolute Gasteiger partial charge is 0.483 e. The van der Waals surface area contributed by atoms with Gasteiger partial charge in [0.2, 0.25) is 5.91 Å². The van der Waals surface area contributed by atoms with E-state index in [1.165, 1.54) is 11.0 Å². The molecule has 2 amide bonds. The maximum atomic E-state index is 14.3. The van der Waals surface area contributed by atoms with Crippen LogP contribution in [0.25, 0.3) is 0 Å². The van der Waals surface area contributed by atoms with Crippen LogP contribution in [0.3, 0.4) is 0 Å². The van der Waals surface area contributed by atoms with Gasteiger partial charge in [-0.25, -0.2) is 4.39 Å². The molecule has 0 aliphatic rings. The van der Waals surface area contributed by atoms with Crippen molar-refractivity contribution >= 4 is 27.7 Å². The van der Waals surface area contributed by atoms with Gasteiger partial charge in [-0.15, -0.1) is 0 Å². The SMILES string of the molecule is CCCCNC(=O)C(C)N(Cc1ccccc1F)C(=O)COc1ccc(C(C)C)cc1Br. The molecule has 1 unspecified atom stereocenters. The summed E-state index contributed by atoms with van der Waals surface area (Å²) >= 11 is 3.49. The first-order valence-corrected chi connectivity index (χ1v) is 11.8. The molecule has 1 atom stereocenters. The predicted molar refractivity (Wildman–Crippen MR) is 128 cm³/mol. The molecule has 174 valence electrons. The van der Waals surface area contributed by atoms with E-state index in [0.717, 1.165) is 22.9 Å². The van der Waals surface area contributed by atoms with Gasteiger partial charge in [-0.05, 0) is 59.0 Å². The number of rotatable bonds is 11. The molecule has 0 fully saturated rings. The fraction of sp³-hybridized carbons (Fsp3) is 0.440. The first kappa shape index (κ1) is 25.8. The molecule has 2 aromatic rings. The Hall–Kier alpha value is -2.41. The van der Waals surface area contributed by atoms with Crippen LogP contribution in [0.15, 0.2) is 46.9 Å². The highest BCUT2D eigenvalue weighted by molar-refractivity contribution is 9.10. The number of hydrogen-bond donors (Lipinski definition) is 1. The summed E-state index contributed by atoms with van der Waals surface area (Å²) in [6, 6.07) is 11.2. The normalized spacial score (nSPS) is 11.8. The molecule has 2 aromatic carbocycles. The summed E-state index contributed by atoms with van der Waals surface area (Å²) in [5.41, 5.74) is 1.49. The van der Waals surface area contributed by atoms with E-state index in [9.17, 15) is 14.0 Å². The van der Waals surface area contributed by atoms with E-state index in [1.807, 2.05) is 25.1 Å². The van der Waals surface area contributed by atoms with Gasteiger partial charge in [-0.2, -0.15) is 0 Å². The third-order valence-electron chi connectivity index (χ3n) is 5.27. The fourth-order valence-corrected chi connectivity index (χ4v) is 3.66. The zero-order chi connectivity index (χ0) is 23.7. The quantitative estimate of drug-likeness (QED) is 0.413. The number of carbonyl (C=O) groups excluding carboxylic acids is 2. The Morgan fingerprint density at radius 1 is 1.16 bits per heavy atom. The maximum Gasteiger partial charge on any atom is 0.261 e. The summed E-state index contributed by atoms with van der Waals surface area (Å²) in [5, 5.41) is 2.84. The van der Waals surface area contributed by atoms with Crippen LogP contribution in [0.1, 0.15) is 57.6 Å². The van der Waals surface area contributed by atoms with Gasteiger partial charge in [0.25, 0.3) is 5.91 Å². The predicted octanol–water partition coefficient (Wildman–Crippen LogP) is 5.42. The Balaban J connectivity index is 2.15.